The van der Waals surface area contributed by atoms with Crippen LogP contribution in [0.5, 0.6) is 0 Å². The van der Waals surface area contributed by atoms with Crippen LogP contribution in [0.4, 0.5) is 0 Å². The highest BCUT2D eigenvalue weighted by Gasteiger charge is 2.16. The summed E-state index contributed by atoms with van der Waals surface area (Å²) >= 11 is 0. The van der Waals surface area contributed by atoms with Gasteiger partial charge in [-0.1, -0.05) is 19.8 Å². The summed E-state index contributed by atoms with van der Waals surface area (Å²) in [4.78, 5) is 2.67. The Bertz CT molecular complexity index is 170. The third-order valence-corrected chi connectivity index (χ3v) is 4.01. The van der Waals surface area contributed by atoms with Gasteiger partial charge in [0, 0.05) is 6.04 Å². The molecular weight excluding hydrogens is 196 g/mol. The van der Waals surface area contributed by atoms with E-state index in [4.69, 9.17) is 0 Å². The molecule has 1 N–H and O–H groups in total. The van der Waals surface area contributed by atoms with Crippen molar-refractivity contribution in [2.75, 3.05) is 26.7 Å². The van der Waals surface area contributed by atoms with Gasteiger partial charge in [0.15, 0.2) is 0 Å². The average Bonchev–Trinajstić information content (AvgIpc) is 2.52. The molecule has 1 heterocycles. The van der Waals surface area contributed by atoms with Gasteiger partial charge in [-0.05, 0) is 65.2 Å². The first kappa shape index (κ1) is 14.0. The summed E-state index contributed by atoms with van der Waals surface area (Å²) in [6.45, 7) is 8.54. The molecule has 1 aliphatic rings. The molecule has 0 spiro atoms. The van der Waals surface area contributed by atoms with Gasteiger partial charge in [-0.3, -0.25) is 0 Å². The molecule has 0 aromatic rings. The van der Waals surface area contributed by atoms with Gasteiger partial charge >= 0.3 is 0 Å². The Hall–Kier alpha value is -0.0800. The van der Waals surface area contributed by atoms with E-state index >= 15 is 0 Å². The Kier molecular flexibility index (Phi) is 7.06. The summed E-state index contributed by atoms with van der Waals surface area (Å²) in [5.41, 5.74) is 0. The van der Waals surface area contributed by atoms with Gasteiger partial charge in [0.05, 0.1) is 0 Å². The summed E-state index contributed by atoms with van der Waals surface area (Å²) in [6, 6.07) is 0.662. The van der Waals surface area contributed by atoms with Gasteiger partial charge in [0.2, 0.25) is 0 Å². The van der Waals surface area contributed by atoms with Crippen LogP contribution < -0.4 is 5.32 Å². The van der Waals surface area contributed by atoms with E-state index in [0.717, 1.165) is 5.92 Å². The molecule has 1 aliphatic heterocycles. The van der Waals surface area contributed by atoms with Crippen LogP contribution in [0.1, 0.15) is 52.4 Å². The van der Waals surface area contributed by atoms with Gasteiger partial charge in [-0.25, -0.2) is 0 Å². The summed E-state index contributed by atoms with van der Waals surface area (Å²) in [5, 5.41) is 3.32. The van der Waals surface area contributed by atoms with Gasteiger partial charge in [-0.15, -0.1) is 0 Å². The highest BCUT2D eigenvalue weighted by molar-refractivity contribution is 4.71. The van der Waals surface area contributed by atoms with Gasteiger partial charge in [0.1, 0.15) is 0 Å². The summed E-state index contributed by atoms with van der Waals surface area (Å²) in [6.07, 6.45) is 8.41. The lowest BCUT2D eigenvalue weighted by molar-refractivity contribution is 0.265. The second-order valence-corrected chi connectivity index (χ2v) is 5.41. The predicted octanol–water partition coefficient (Wildman–Crippen LogP) is 2.89. The fraction of sp³-hybridized carbons (Fsp3) is 1.00. The molecule has 1 rings (SSSR count). The Balaban J connectivity index is 2.19. The van der Waals surface area contributed by atoms with Crippen LogP contribution in [0.15, 0.2) is 0 Å². The first-order chi connectivity index (χ1) is 7.76. The lowest BCUT2D eigenvalue weighted by Crippen LogP contribution is -2.31. The minimum absolute atomic E-state index is 0.662. The second-order valence-electron chi connectivity index (χ2n) is 5.41. The van der Waals surface area contributed by atoms with Crippen molar-refractivity contribution in [3.63, 3.8) is 0 Å². The topological polar surface area (TPSA) is 15.3 Å². The van der Waals surface area contributed by atoms with E-state index in [1.165, 1.54) is 58.2 Å². The van der Waals surface area contributed by atoms with Crippen LogP contribution in [0, 0.1) is 5.92 Å². The highest BCUT2D eigenvalue weighted by Crippen LogP contribution is 2.21. The summed E-state index contributed by atoms with van der Waals surface area (Å²) < 4.78 is 0. The third-order valence-electron chi connectivity index (χ3n) is 4.01. The Morgan fingerprint density at radius 2 is 2.12 bits per heavy atom. The smallest absolute Gasteiger partial charge is 0.00479 e. The third kappa shape index (κ3) is 5.31. The highest BCUT2D eigenvalue weighted by atomic mass is 15.1. The zero-order valence-electron chi connectivity index (χ0n) is 11.5. The maximum atomic E-state index is 3.32. The molecule has 2 nitrogen and oxygen atoms in total. The van der Waals surface area contributed by atoms with Crippen molar-refractivity contribution in [1.29, 1.82) is 0 Å². The molecule has 0 aliphatic carbocycles. The molecule has 96 valence electrons. The number of hydrogen-bond donors (Lipinski definition) is 1. The quantitative estimate of drug-likeness (QED) is 0.749. The Morgan fingerprint density at radius 1 is 1.31 bits per heavy atom. The maximum Gasteiger partial charge on any atom is 0.00479 e. The number of likely N-dealkylation sites (tertiary alicyclic amines) is 1. The van der Waals surface area contributed by atoms with Crippen LogP contribution in [-0.2, 0) is 0 Å². The largest absolute Gasteiger partial charge is 0.317 e. The normalized spacial score (nSPS) is 25.3. The first-order valence-corrected chi connectivity index (χ1v) is 7.15. The maximum absolute atomic E-state index is 3.32. The molecule has 0 aromatic carbocycles. The predicted molar refractivity (Wildman–Crippen MR) is 71.8 cm³/mol. The molecule has 0 radical (unpaired) electrons. The average molecular weight is 226 g/mol. The van der Waals surface area contributed by atoms with E-state index in [1.807, 2.05) is 0 Å². The standard InChI is InChI=1S/C14H30N2/c1-4-6-14-7-5-10-16(12-9-14)11-8-13(2)15-3/h13-15H,4-12H2,1-3H3. The molecule has 2 heteroatoms. The van der Waals surface area contributed by atoms with Crippen molar-refractivity contribution >= 4 is 0 Å². The van der Waals surface area contributed by atoms with Gasteiger partial charge in [-0.2, -0.15) is 0 Å². The molecule has 2 atom stereocenters. The van der Waals surface area contributed by atoms with E-state index < -0.39 is 0 Å². The SMILES string of the molecule is CCCC1CCCN(CCC(C)NC)CC1. The minimum Gasteiger partial charge on any atom is -0.317 e. The zero-order valence-corrected chi connectivity index (χ0v) is 11.5. The van der Waals surface area contributed by atoms with E-state index in [9.17, 15) is 0 Å². The molecule has 0 amide bonds. The second kappa shape index (κ2) is 8.08. The van der Waals surface area contributed by atoms with Crippen LogP contribution >= 0.6 is 0 Å². The van der Waals surface area contributed by atoms with Crippen molar-refractivity contribution in [2.45, 2.75) is 58.4 Å². The summed E-state index contributed by atoms with van der Waals surface area (Å²) in [7, 11) is 2.06. The summed E-state index contributed by atoms with van der Waals surface area (Å²) in [5.74, 6) is 1.01. The fourth-order valence-corrected chi connectivity index (χ4v) is 2.67. The van der Waals surface area contributed by atoms with Crippen LogP contribution in [-0.4, -0.2) is 37.6 Å². The number of nitrogens with zero attached hydrogens (tertiary/aromatic N) is 1. The molecule has 1 saturated heterocycles. The van der Waals surface area contributed by atoms with E-state index in [1.54, 1.807) is 0 Å². The van der Waals surface area contributed by atoms with Crippen molar-refractivity contribution < 1.29 is 0 Å². The van der Waals surface area contributed by atoms with Crippen molar-refractivity contribution in [1.82, 2.24) is 10.2 Å². The van der Waals surface area contributed by atoms with Crippen LogP contribution in [0.25, 0.3) is 0 Å². The molecule has 1 fully saturated rings. The van der Waals surface area contributed by atoms with Gasteiger partial charge in [0.25, 0.3) is 0 Å². The molecule has 0 bridgehead atoms. The van der Waals surface area contributed by atoms with E-state index in [2.05, 4.69) is 31.1 Å². The van der Waals surface area contributed by atoms with Crippen molar-refractivity contribution in [2.24, 2.45) is 5.92 Å². The lowest BCUT2D eigenvalue weighted by Gasteiger charge is -2.22. The minimum atomic E-state index is 0.662. The molecule has 16 heavy (non-hydrogen) atoms. The Labute approximate surface area is 102 Å². The zero-order chi connectivity index (χ0) is 11.8. The monoisotopic (exact) mass is 226 g/mol. The molecule has 0 saturated carbocycles. The molecular formula is C14H30N2. The number of hydrogen-bond acceptors (Lipinski definition) is 2. The van der Waals surface area contributed by atoms with E-state index in [0.29, 0.717) is 6.04 Å². The fourth-order valence-electron chi connectivity index (χ4n) is 2.67. The van der Waals surface area contributed by atoms with Gasteiger partial charge < -0.3 is 10.2 Å². The van der Waals surface area contributed by atoms with Crippen LogP contribution in [0.2, 0.25) is 0 Å². The molecule has 2 unspecified atom stereocenters. The number of rotatable bonds is 6. The number of nitrogens with one attached hydrogen (secondary N) is 1. The van der Waals surface area contributed by atoms with Crippen molar-refractivity contribution in [3.8, 4) is 0 Å². The molecule has 0 aromatic heterocycles. The van der Waals surface area contributed by atoms with Crippen LogP contribution in [0.3, 0.4) is 0 Å². The van der Waals surface area contributed by atoms with Crippen molar-refractivity contribution in [3.05, 3.63) is 0 Å². The first-order valence-electron chi connectivity index (χ1n) is 7.15. The lowest BCUT2D eigenvalue weighted by atomic mass is 9.96. The van der Waals surface area contributed by atoms with E-state index in [-0.39, 0.29) is 0 Å². The Morgan fingerprint density at radius 3 is 2.81 bits per heavy atom.